The van der Waals surface area contributed by atoms with Crippen LogP contribution in [0.3, 0.4) is 0 Å². The molecule has 108 valence electrons. The van der Waals surface area contributed by atoms with Gasteiger partial charge in [-0.15, -0.1) is 0 Å². The maximum Gasteiger partial charge on any atom is 0.163 e. The Morgan fingerprint density at radius 3 is 2.76 bits per heavy atom. The molecule has 0 spiro atoms. The highest BCUT2D eigenvalue weighted by Crippen LogP contribution is 2.32. The van der Waals surface area contributed by atoms with Crippen molar-refractivity contribution in [3.8, 4) is 11.5 Å². The van der Waals surface area contributed by atoms with E-state index in [1.54, 1.807) is 13.3 Å². The maximum absolute atomic E-state index is 5.86. The molecule has 0 saturated heterocycles. The van der Waals surface area contributed by atoms with Gasteiger partial charge in [0, 0.05) is 17.6 Å². The Balaban J connectivity index is 1.92. The van der Waals surface area contributed by atoms with Crippen LogP contribution >= 0.6 is 0 Å². The summed E-state index contributed by atoms with van der Waals surface area (Å²) >= 11 is 0. The first-order valence-corrected chi connectivity index (χ1v) is 6.51. The van der Waals surface area contributed by atoms with Gasteiger partial charge in [-0.2, -0.15) is 0 Å². The molecular weight excluding hydrogens is 270 g/mol. The van der Waals surface area contributed by atoms with E-state index in [4.69, 9.17) is 14.0 Å². The van der Waals surface area contributed by atoms with Crippen LogP contribution in [0.15, 0.2) is 29.2 Å². The lowest BCUT2D eigenvalue weighted by atomic mass is 10.2. The highest BCUT2D eigenvalue weighted by Gasteiger charge is 2.12. The zero-order valence-electron chi connectivity index (χ0n) is 12.1. The van der Waals surface area contributed by atoms with Crippen molar-refractivity contribution in [1.29, 1.82) is 0 Å². The summed E-state index contributed by atoms with van der Waals surface area (Å²) in [4.78, 5) is 8.22. The zero-order chi connectivity index (χ0) is 14.8. The van der Waals surface area contributed by atoms with Crippen LogP contribution in [0.4, 0.5) is 0 Å². The summed E-state index contributed by atoms with van der Waals surface area (Å²) in [7, 11) is 1.60. The summed E-state index contributed by atoms with van der Waals surface area (Å²) < 4.78 is 16.3. The van der Waals surface area contributed by atoms with Gasteiger partial charge in [-0.05, 0) is 19.9 Å². The molecule has 0 unspecified atom stereocenters. The van der Waals surface area contributed by atoms with Crippen LogP contribution in [-0.2, 0) is 6.61 Å². The molecule has 6 nitrogen and oxygen atoms in total. The number of hydrogen-bond acceptors (Lipinski definition) is 6. The van der Waals surface area contributed by atoms with Gasteiger partial charge in [0.2, 0.25) is 0 Å². The van der Waals surface area contributed by atoms with Gasteiger partial charge in [0.1, 0.15) is 18.7 Å². The second kappa shape index (κ2) is 5.40. The lowest BCUT2D eigenvalue weighted by Gasteiger charge is -2.11. The fourth-order valence-electron chi connectivity index (χ4n) is 2.12. The normalized spacial score (nSPS) is 10.8. The first-order valence-electron chi connectivity index (χ1n) is 6.51. The van der Waals surface area contributed by atoms with Crippen molar-refractivity contribution in [3.63, 3.8) is 0 Å². The lowest BCUT2D eigenvalue weighted by molar-refractivity contribution is 0.282. The highest BCUT2D eigenvalue weighted by atomic mass is 16.5. The molecule has 3 aromatic rings. The average Bonchev–Trinajstić information content (AvgIpc) is 2.83. The third kappa shape index (κ3) is 2.52. The van der Waals surface area contributed by atoms with E-state index >= 15 is 0 Å². The molecule has 0 N–H and O–H groups in total. The average molecular weight is 285 g/mol. The number of ether oxygens (including phenoxy) is 2. The van der Waals surface area contributed by atoms with Crippen LogP contribution in [0.2, 0.25) is 0 Å². The number of fused-ring (bicyclic) bond motifs is 1. The van der Waals surface area contributed by atoms with E-state index in [-0.39, 0.29) is 0 Å². The van der Waals surface area contributed by atoms with Crippen molar-refractivity contribution in [3.05, 3.63) is 41.7 Å². The van der Waals surface area contributed by atoms with Crippen LogP contribution in [0.25, 0.3) is 10.9 Å². The number of nitrogens with zero attached hydrogens (tertiary/aromatic N) is 3. The third-order valence-electron chi connectivity index (χ3n) is 3.34. The zero-order valence-corrected chi connectivity index (χ0v) is 12.1. The Morgan fingerprint density at radius 2 is 2.05 bits per heavy atom. The van der Waals surface area contributed by atoms with Crippen molar-refractivity contribution in [1.82, 2.24) is 15.1 Å². The molecule has 0 aliphatic heterocycles. The second-order valence-corrected chi connectivity index (χ2v) is 4.68. The number of methoxy groups -OCH3 is 1. The summed E-state index contributed by atoms with van der Waals surface area (Å²) in [5.74, 6) is 2.03. The van der Waals surface area contributed by atoms with Crippen LogP contribution in [0.5, 0.6) is 11.5 Å². The summed E-state index contributed by atoms with van der Waals surface area (Å²) in [5.41, 5.74) is 2.58. The highest BCUT2D eigenvalue weighted by molar-refractivity contribution is 5.81. The quantitative estimate of drug-likeness (QED) is 0.734. The van der Waals surface area contributed by atoms with Crippen LogP contribution in [0, 0.1) is 13.8 Å². The van der Waals surface area contributed by atoms with Gasteiger partial charge in [0.25, 0.3) is 0 Å². The van der Waals surface area contributed by atoms with Gasteiger partial charge >= 0.3 is 0 Å². The largest absolute Gasteiger partial charge is 0.493 e. The SMILES string of the molecule is COc1cc2cncnc2cc1OCc1c(C)noc1C. The van der Waals surface area contributed by atoms with Gasteiger partial charge in [0.15, 0.2) is 11.5 Å². The van der Waals surface area contributed by atoms with Crippen LogP contribution in [-0.4, -0.2) is 22.2 Å². The minimum Gasteiger partial charge on any atom is -0.493 e. The Morgan fingerprint density at radius 1 is 1.19 bits per heavy atom. The molecule has 0 radical (unpaired) electrons. The van der Waals surface area contributed by atoms with Crippen molar-refractivity contribution in [2.24, 2.45) is 0 Å². The van der Waals surface area contributed by atoms with Crippen molar-refractivity contribution in [2.75, 3.05) is 7.11 Å². The fourth-order valence-corrected chi connectivity index (χ4v) is 2.12. The van der Waals surface area contributed by atoms with Crippen LogP contribution in [0.1, 0.15) is 17.0 Å². The molecule has 0 fully saturated rings. The summed E-state index contributed by atoms with van der Waals surface area (Å²) in [6.45, 7) is 4.12. The van der Waals surface area contributed by atoms with E-state index in [0.29, 0.717) is 18.1 Å². The van der Waals surface area contributed by atoms with E-state index in [2.05, 4.69) is 15.1 Å². The van der Waals surface area contributed by atoms with E-state index in [1.807, 2.05) is 26.0 Å². The number of hydrogen-bond donors (Lipinski definition) is 0. The van der Waals surface area contributed by atoms with Gasteiger partial charge in [-0.1, -0.05) is 5.16 Å². The molecule has 2 aromatic heterocycles. The maximum atomic E-state index is 5.86. The molecule has 21 heavy (non-hydrogen) atoms. The van der Waals surface area contributed by atoms with E-state index in [9.17, 15) is 0 Å². The van der Waals surface area contributed by atoms with Gasteiger partial charge in [0.05, 0.1) is 23.9 Å². The standard InChI is InChI=1S/C15H15N3O3/c1-9-12(10(2)21-18-9)7-20-15-5-13-11(4-14(15)19-3)6-16-8-17-13/h4-6,8H,7H2,1-3H3. The predicted octanol–water partition coefficient (Wildman–Crippen LogP) is 2.82. The Hall–Kier alpha value is -2.63. The molecule has 0 amide bonds. The minimum atomic E-state index is 0.369. The van der Waals surface area contributed by atoms with E-state index < -0.39 is 0 Å². The molecular formula is C15H15N3O3. The number of aromatic nitrogens is 3. The van der Waals surface area contributed by atoms with Crippen molar-refractivity contribution >= 4 is 10.9 Å². The number of benzene rings is 1. The smallest absolute Gasteiger partial charge is 0.163 e. The molecule has 0 saturated carbocycles. The lowest BCUT2D eigenvalue weighted by Crippen LogP contribution is -2.00. The van der Waals surface area contributed by atoms with Gasteiger partial charge < -0.3 is 14.0 Å². The summed E-state index contributed by atoms with van der Waals surface area (Å²) in [5, 5.41) is 4.82. The second-order valence-electron chi connectivity index (χ2n) is 4.68. The molecule has 6 heteroatoms. The van der Waals surface area contributed by atoms with Crippen LogP contribution < -0.4 is 9.47 Å². The minimum absolute atomic E-state index is 0.369. The monoisotopic (exact) mass is 285 g/mol. The summed E-state index contributed by atoms with van der Waals surface area (Å²) in [6, 6.07) is 3.70. The fraction of sp³-hybridized carbons (Fsp3) is 0.267. The van der Waals surface area contributed by atoms with Gasteiger partial charge in [-0.25, -0.2) is 9.97 Å². The molecule has 3 rings (SSSR count). The van der Waals surface area contributed by atoms with Crippen molar-refractivity contribution < 1.29 is 14.0 Å². The molecule has 0 bridgehead atoms. The molecule has 0 atom stereocenters. The van der Waals surface area contributed by atoms with Crippen molar-refractivity contribution in [2.45, 2.75) is 20.5 Å². The Kier molecular flexibility index (Phi) is 3.43. The van der Waals surface area contributed by atoms with Gasteiger partial charge in [-0.3, -0.25) is 0 Å². The topological polar surface area (TPSA) is 70.3 Å². The molecule has 0 aliphatic carbocycles. The van der Waals surface area contributed by atoms with E-state index in [1.165, 1.54) is 6.33 Å². The molecule has 1 aromatic carbocycles. The molecule has 2 heterocycles. The summed E-state index contributed by atoms with van der Waals surface area (Å²) in [6.07, 6.45) is 3.25. The third-order valence-corrected chi connectivity index (χ3v) is 3.34. The molecule has 0 aliphatic rings. The number of aryl methyl sites for hydroxylation is 2. The predicted molar refractivity (Wildman–Crippen MR) is 76.4 cm³/mol. The van der Waals surface area contributed by atoms with E-state index in [0.717, 1.165) is 27.9 Å². The Labute approximate surface area is 121 Å². The first kappa shape index (κ1) is 13.4. The first-order chi connectivity index (χ1) is 10.2. The Bertz CT molecular complexity index is 763. The number of rotatable bonds is 4.